The van der Waals surface area contributed by atoms with E-state index in [4.69, 9.17) is 21.1 Å². The molecule has 0 saturated heterocycles. The molecule has 1 aromatic heterocycles. The fraction of sp³-hybridized carbons (Fsp3) is 0.231. The number of aromatic nitrogens is 1. The molecule has 11 heteroatoms. The summed E-state index contributed by atoms with van der Waals surface area (Å²) < 4.78 is 13.5. The number of fused-ring (bicyclic) bond motifs is 2. The predicted molar refractivity (Wildman–Crippen MR) is 145 cm³/mol. The van der Waals surface area contributed by atoms with Gasteiger partial charge < -0.3 is 14.8 Å². The Kier molecular flexibility index (Phi) is 6.59. The molecule has 0 aliphatic carbocycles. The van der Waals surface area contributed by atoms with Gasteiger partial charge in [0.2, 0.25) is 0 Å². The van der Waals surface area contributed by atoms with Gasteiger partial charge in [-0.2, -0.15) is 0 Å². The molecule has 2 aliphatic heterocycles. The first kappa shape index (κ1) is 25.4. The number of esters is 1. The van der Waals surface area contributed by atoms with Gasteiger partial charge in [-0.1, -0.05) is 38.9 Å². The Bertz CT molecular complexity index is 1710. The van der Waals surface area contributed by atoms with E-state index in [2.05, 4.69) is 26.2 Å². The number of halogens is 2. The molecule has 0 fully saturated rings. The molecule has 3 heterocycles. The summed E-state index contributed by atoms with van der Waals surface area (Å²) in [4.78, 5) is 45.3. The standard InChI is InChI=1S/C26H21BrClN3O5S/c1-11(2)36-25(34)19-12(3)29-26-31(21(19)16-10-14(28)6-8-18(16)35-4)24(33)22(37-26)20-15-9-13(27)5-7-17(15)30-23(20)32/h5-11,21H,1-4H3,(H,30,32)/b22-20+/t21-/m1/s1. The fourth-order valence-electron chi connectivity index (χ4n) is 4.49. The average Bonchev–Trinajstić information content (AvgIpc) is 3.32. The van der Waals surface area contributed by atoms with Crippen molar-refractivity contribution in [2.75, 3.05) is 12.4 Å². The van der Waals surface area contributed by atoms with Gasteiger partial charge in [0, 0.05) is 26.3 Å². The minimum atomic E-state index is -0.933. The molecule has 1 amide bonds. The van der Waals surface area contributed by atoms with Crippen molar-refractivity contribution < 1.29 is 19.1 Å². The topological polar surface area (TPSA) is 99.0 Å². The highest BCUT2D eigenvalue weighted by atomic mass is 79.9. The minimum Gasteiger partial charge on any atom is -0.496 e. The lowest BCUT2D eigenvalue weighted by Gasteiger charge is -2.26. The number of carbonyl (C=O) groups is 2. The third-order valence-electron chi connectivity index (χ3n) is 6.00. The number of allylic oxidation sites excluding steroid dienone is 1. The molecule has 0 saturated carbocycles. The number of hydrogen-bond donors (Lipinski definition) is 1. The van der Waals surface area contributed by atoms with Crippen molar-refractivity contribution in [1.82, 2.24) is 4.57 Å². The summed E-state index contributed by atoms with van der Waals surface area (Å²) in [5, 5.41) is 3.22. The molecule has 8 nitrogen and oxygen atoms in total. The van der Waals surface area contributed by atoms with E-state index in [1.165, 1.54) is 11.7 Å². The third-order valence-corrected chi connectivity index (χ3v) is 7.78. The Hall–Kier alpha value is -3.21. The number of carbonyl (C=O) groups excluding carboxylic acids is 2. The number of anilines is 1. The van der Waals surface area contributed by atoms with Crippen LogP contribution in [0, 0.1) is 0 Å². The quantitative estimate of drug-likeness (QED) is 0.457. The van der Waals surface area contributed by atoms with Crippen LogP contribution in [0.3, 0.4) is 0 Å². The van der Waals surface area contributed by atoms with E-state index in [-0.39, 0.29) is 21.6 Å². The molecule has 2 aliphatic rings. The summed E-state index contributed by atoms with van der Waals surface area (Å²) in [6, 6.07) is 9.43. The van der Waals surface area contributed by atoms with Crippen molar-refractivity contribution in [3.05, 3.63) is 88.0 Å². The van der Waals surface area contributed by atoms with Crippen LogP contribution in [0.4, 0.5) is 5.69 Å². The highest BCUT2D eigenvalue weighted by Gasteiger charge is 2.37. The maximum Gasteiger partial charge on any atom is 0.338 e. The van der Waals surface area contributed by atoms with Gasteiger partial charge in [-0.05, 0) is 57.2 Å². The van der Waals surface area contributed by atoms with E-state index >= 15 is 0 Å². The number of hydrogen-bond acceptors (Lipinski definition) is 7. The maximum atomic E-state index is 14.1. The molecule has 37 heavy (non-hydrogen) atoms. The van der Waals surface area contributed by atoms with E-state index in [1.54, 1.807) is 51.1 Å². The van der Waals surface area contributed by atoms with Crippen LogP contribution in [-0.2, 0) is 14.3 Å². The Labute approximate surface area is 229 Å². The number of thiazole rings is 1. The molecule has 2 aromatic carbocycles. The maximum absolute atomic E-state index is 14.1. The summed E-state index contributed by atoms with van der Waals surface area (Å²) in [7, 11) is 1.50. The van der Waals surface area contributed by atoms with Crippen molar-refractivity contribution in [1.29, 1.82) is 0 Å². The third kappa shape index (κ3) is 4.32. The number of nitrogens with one attached hydrogen (secondary N) is 1. The van der Waals surface area contributed by atoms with Crippen LogP contribution in [-0.4, -0.2) is 29.7 Å². The van der Waals surface area contributed by atoms with Crippen LogP contribution in [0.1, 0.15) is 37.9 Å². The van der Waals surface area contributed by atoms with Crippen LogP contribution in [0.25, 0.3) is 5.57 Å². The smallest absolute Gasteiger partial charge is 0.338 e. The van der Waals surface area contributed by atoms with E-state index in [9.17, 15) is 14.4 Å². The molecule has 3 aromatic rings. The monoisotopic (exact) mass is 601 g/mol. The number of benzene rings is 2. The van der Waals surface area contributed by atoms with Crippen molar-refractivity contribution in [2.24, 2.45) is 4.99 Å². The summed E-state index contributed by atoms with van der Waals surface area (Å²) >= 11 is 10.9. The second-order valence-electron chi connectivity index (χ2n) is 8.76. The molecule has 0 bridgehead atoms. The Morgan fingerprint density at radius 2 is 1.97 bits per heavy atom. The van der Waals surface area contributed by atoms with Crippen molar-refractivity contribution in [3.63, 3.8) is 0 Å². The van der Waals surface area contributed by atoms with Gasteiger partial charge in [0.05, 0.1) is 30.1 Å². The second kappa shape index (κ2) is 9.59. The van der Waals surface area contributed by atoms with Gasteiger partial charge in [0.1, 0.15) is 16.3 Å². The Balaban J connectivity index is 1.85. The Morgan fingerprint density at radius 1 is 1.22 bits per heavy atom. The molecule has 0 radical (unpaired) electrons. The van der Waals surface area contributed by atoms with Crippen LogP contribution < -0.4 is 24.9 Å². The first-order chi connectivity index (χ1) is 17.6. The van der Waals surface area contributed by atoms with Crippen molar-refractivity contribution >= 4 is 62.0 Å². The van der Waals surface area contributed by atoms with Crippen molar-refractivity contribution in [3.8, 4) is 5.75 Å². The van der Waals surface area contributed by atoms with E-state index in [0.717, 1.165) is 15.8 Å². The zero-order chi connectivity index (χ0) is 26.6. The second-order valence-corrected chi connectivity index (χ2v) is 11.1. The molecular weight excluding hydrogens is 582 g/mol. The van der Waals surface area contributed by atoms with Gasteiger partial charge >= 0.3 is 5.97 Å². The normalized spacial score (nSPS) is 17.8. The lowest BCUT2D eigenvalue weighted by molar-refractivity contribution is -0.143. The zero-order valence-corrected chi connectivity index (χ0v) is 23.4. The number of rotatable bonds is 4. The van der Waals surface area contributed by atoms with E-state index in [0.29, 0.717) is 38.1 Å². The van der Waals surface area contributed by atoms with Crippen molar-refractivity contribution in [2.45, 2.75) is 32.9 Å². The minimum absolute atomic E-state index is 0.192. The van der Waals surface area contributed by atoms with Crippen LogP contribution in [0.5, 0.6) is 5.75 Å². The number of amides is 1. The summed E-state index contributed by atoms with van der Waals surface area (Å²) in [5.74, 6) is -0.551. The average molecular weight is 603 g/mol. The lowest BCUT2D eigenvalue weighted by atomic mass is 9.95. The largest absolute Gasteiger partial charge is 0.496 e. The highest BCUT2D eigenvalue weighted by molar-refractivity contribution is 9.10. The first-order valence-electron chi connectivity index (χ1n) is 11.3. The van der Waals surface area contributed by atoms with Gasteiger partial charge in [0.25, 0.3) is 11.5 Å². The number of ether oxygens (including phenoxy) is 2. The summed E-state index contributed by atoms with van der Waals surface area (Å²) in [6.07, 6.45) is -0.390. The predicted octanol–water partition coefficient (Wildman–Crippen LogP) is 3.93. The molecule has 1 N–H and O–H groups in total. The first-order valence-corrected chi connectivity index (χ1v) is 13.3. The molecule has 1 atom stereocenters. The lowest BCUT2D eigenvalue weighted by Crippen LogP contribution is -2.41. The van der Waals surface area contributed by atoms with Gasteiger partial charge in [-0.3, -0.25) is 14.2 Å². The molecule has 0 unspecified atom stereocenters. The zero-order valence-electron chi connectivity index (χ0n) is 20.2. The summed E-state index contributed by atoms with van der Waals surface area (Å²) in [6.45, 7) is 5.18. The SMILES string of the molecule is COc1ccc(Cl)cc1[C@@H]1C(C(=O)OC(C)C)=C(C)N=c2s/c(=C3/C(=O)Nc4ccc(Br)cc43)c(=O)n21. The van der Waals surface area contributed by atoms with Gasteiger partial charge in [0.15, 0.2) is 4.80 Å². The highest BCUT2D eigenvalue weighted by Crippen LogP contribution is 2.38. The van der Waals surface area contributed by atoms with E-state index in [1.807, 2.05) is 6.07 Å². The molecule has 5 rings (SSSR count). The van der Waals surface area contributed by atoms with Crippen LogP contribution in [0.15, 0.2) is 61.9 Å². The number of nitrogens with zero attached hydrogens (tertiary/aromatic N) is 2. The Morgan fingerprint density at radius 3 is 2.68 bits per heavy atom. The molecule has 0 spiro atoms. The molecule has 190 valence electrons. The molecular formula is C26H21BrClN3O5S. The van der Waals surface area contributed by atoms with Gasteiger partial charge in [-0.15, -0.1) is 0 Å². The van der Waals surface area contributed by atoms with Gasteiger partial charge in [-0.25, -0.2) is 9.79 Å². The van der Waals surface area contributed by atoms with Crippen LogP contribution in [0.2, 0.25) is 5.02 Å². The summed E-state index contributed by atoms with van der Waals surface area (Å²) in [5.41, 5.74) is 2.10. The van der Waals surface area contributed by atoms with Crippen LogP contribution >= 0.6 is 38.9 Å². The fourth-order valence-corrected chi connectivity index (χ4v) is 6.17. The van der Waals surface area contributed by atoms with E-state index < -0.39 is 23.7 Å². The number of methoxy groups -OCH3 is 1.